The van der Waals surface area contributed by atoms with Gasteiger partial charge in [0.2, 0.25) is 11.8 Å². The van der Waals surface area contributed by atoms with Gasteiger partial charge >= 0.3 is 0 Å². The molecule has 136 valence electrons. The van der Waals surface area contributed by atoms with Gasteiger partial charge in [0.05, 0.1) is 0 Å². The lowest BCUT2D eigenvalue weighted by molar-refractivity contribution is -0.117. The highest BCUT2D eigenvalue weighted by atomic mass is 19.1. The topological polar surface area (TPSA) is 61.4 Å². The van der Waals surface area contributed by atoms with E-state index >= 15 is 0 Å². The predicted molar refractivity (Wildman–Crippen MR) is 101 cm³/mol. The van der Waals surface area contributed by atoms with Gasteiger partial charge in [-0.05, 0) is 60.9 Å². The van der Waals surface area contributed by atoms with Crippen molar-refractivity contribution in [1.82, 2.24) is 0 Å². The van der Waals surface area contributed by atoms with Gasteiger partial charge in [-0.15, -0.1) is 0 Å². The van der Waals surface area contributed by atoms with Crippen molar-refractivity contribution < 1.29 is 14.0 Å². The highest BCUT2D eigenvalue weighted by Gasteiger charge is 2.23. The van der Waals surface area contributed by atoms with Crippen LogP contribution in [0.2, 0.25) is 0 Å². The van der Waals surface area contributed by atoms with Crippen LogP contribution in [-0.2, 0) is 16.0 Å². The molecule has 1 heterocycles. The van der Waals surface area contributed by atoms with Crippen molar-refractivity contribution in [1.29, 1.82) is 0 Å². The standard InChI is InChI=1S/C20H22FN3O2/c1-3-18(20(26)23-16-6-4-15(21)5-7-16)22-17-8-9-19-14(12-17)10-11-24(19)13(2)25/h4-9,12,18,22H,3,10-11H2,1-2H3,(H,23,26)/t18-/m1/s1. The summed E-state index contributed by atoms with van der Waals surface area (Å²) in [7, 11) is 0. The van der Waals surface area contributed by atoms with E-state index in [1.807, 2.05) is 25.1 Å². The number of carbonyl (C=O) groups is 2. The first-order chi connectivity index (χ1) is 12.5. The maximum atomic E-state index is 13.0. The van der Waals surface area contributed by atoms with Crippen molar-refractivity contribution in [2.24, 2.45) is 0 Å². The lowest BCUT2D eigenvalue weighted by Crippen LogP contribution is -2.34. The molecule has 2 N–H and O–H groups in total. The largest absolute Gasteiger partial charge is 0.374 e. The van der Waals surface area contributed by atoms with Crippen LogP contribution in [0.3, 0.4) is 0 Å². The Bertz CT molecular complexity index is 820. The van der Waals surface area contributed by atoms with Crippen LogP contribution in [0.1, 0.15) is 25.8 Å². The molecule has 6 heteroatoms. The molecule has 0 aromatic heterocycles. The average molecular weight is 355 g/mol. The van der Waals surface area contributed by atoms with Crippen LogP contribution in [0.15, 0.2) is 42.5 Å². The second-order valence-electron chi connectivity index (χ2n) is 6.37. The molecule has 26 heavy (non-hydrogen) atoms. The van der Waals surface area contributed by atoms with E-state index in [0.29, 0.717) is 18.7 Å². The number of hydrogen-bond acceptors (Lipinski definition) is 3. The summed E-state index contributed by atoms with van der Waals surface area (Å²) in [6.07, 6.45) is 1.41. The smallest absolute Gasteiger partial charge is 0.246 e. The zero-order valence-corrected chi connectivity index (χ0v) is 14.9. The molecule has 0 saturated carbocycles. The van der Waals surface area contributed by atoms with Crippen LogP contribution in [0, 0.1) is 5.82 Å². The highest BCUT2D eigenvalue weighted by molar-refractivity contribution is 5.97. The van der Waals surface area contributed by atoms with Gasteiger partial charge in [0, 0.05) is 30.5 Å². The molecule has 0 saturated heterocycles. The molecule has 1 aliphatic heterocycles. The molecule has 2 amide bonds. The number of halogens is 1. The van der Waals surface area contributed by atoms with E-state index in [0.717, 1.165) is 23.4 Å². The SMILES string of the molecule is CC[C@@H](Nc1ccc2c(c1)CCN2C(C)=O)C(=O)Nc1ccc(F)cc1. The van der Waals surface area contributed by atoms with Crippen LogP contribution in [0.5, 0.6) is 0 Å². The fraction of sp³-hybridized carbons (Fsp3) is 0.300. The van der Waals surface area contributed by atoms with Crippen molar-refractivity contribution in [2.75, 3.05) is 22.1 Å². The second kappa shape index (κ2) is 7.56. The minimum absolute atomic E-state index is 0.0366. The van der Waals surface area contributed by atoms with Crippen molar-refractivity contribution in [3.05, 3.63) is 53.8 Å². The van der Waals surface area contributed by atoms with Crippen molar-refractivity contribution >= 4 is 28.9 Å². The number of anilines is 3. The third-order valence-electron chi connectivity index (χ3n) is 4.53. The monoisotopic (exact) mass is 355 g/mol. The Hall–Kier alpha value is -2.89. The van der Waals surface area contributed by atoms with Crippen LogP contribution < -0.4 is 15.5 Å². The van der Waals surface area contributed by atoms with Gasteiger partial charge in [0.1, 0.15) is 11.9 Å². The number of carbonyl (C=O) groups excluding carboxylic acids is 2. The van der Waals surface area contributed by atoms with E-state index in [4.69, 9.17) is 0 Å². The first kappa shape index (κ1) is 17.9. The number of rotatable bonds is 5. The maximum Gasteiger partial charge on any atom is 0.246 e. The molecule has 2 aromatic carbocycles. The van der Waals surface area contributed by atoms with E-state index in [1.165, 1.54) is 24.3 Å². The fourth-order valence-corrected chi connectivity index (χ4v) is 3.14. The van der Waals surface area contributed by atoms with Crippen molar-refractivity contribution in [3.63, 3.8) is 0 Å². The highest BCUT2D eigenvalue weighted by Crippen LogP contribution is 2.30. The number of hydrogen-bond donors (Lipinski definition) is 2. The second-order valence-corrected chi connectivity index (χ2v) is 6.37. The van der Waals surface area contributed by atoms with E-state index < -0.39 is 6.04 Å². The average Bonchev–Trinajstić information content (AvgIpc) is 3.05. The fourth-order valence-electron chi connectivity index (χ4n) is 3.14. The lowest BCUT2D eigenvalue weighted by Gasteiger charge is -2.19. The van der Waals surface area contributed by atoms with E-state index in [9.17, 15) is 14.0 Å². The molecule has 1 atom stereocenters. The van der Waals surface area contributed by atoms with Crippen molar-refractivity contribution in [2.45, 2.75) is 32.7 Å². The summed E-state index contributed by atoms with van der Waals surface area (Å²) >= 11 is 0. The van der Waals surface area contributed by atoms with Crippen LogP contribution >= 0.6 is 0 Å². The summed E-state index contributed by atoms with van der Waals surface area (Å²) < 4.78 is 13.0. The number of nitrogens with zero attached hydrogens (tertiary/aromatic N) is 1. The molecule has 2 aromatic rings. The predicted octanol–water partition coefficient (Wildman–Crippen LogP) is 3.56. The Morgan fingerprint density at radius 1 is 1.15 bits per heavy atom. The van der Waals surface area contributed by atoms with Crippen LogP contribution in [0.4, 0.5) is 21.5 Å². The Morgan fingerprint density at radius 2 is 1.85 bits per heavy atom. The third-order valence-corrected chi connectivity index (χ3v) is 4.53. The molecule has 0 radical (unpaired) electrons. The minimum Gasteiger partial charge on any atom is -0.374 e. The number of benzene rings is 2. The molecule has 0 fully saturated rings. The molecule has 0 unspecified atom stereocenters. The summed E-state index contributed by atoms with van der Waals surface area (Å²) in [5, 5.41) is 6.04. The molecule has 0 aliphatic carbocycles. The Morgan fingerprint density at radius 3 is 2.50 bits per heavy atom. The first-order valence-corrected chi connectivity index (χ1v) is 8.72. The molecule has 5 nitrogen and oxygen atoms in total. The van der Waals surface area contributed by atoms with Crippen molar-refractivity contribution in [3.8, 4) is 0 Å². The van der Waals surface area contributed by atoms with Gasteiger partial charge in [0.15, 0.2) is 0 Å². The van der Waals surface area contributed by atoms with E-state index in [2.05, 4.69) is 10.6 Å². The van der Waals surface area contributed by atoms with E-state index in [-0.39, 0.29) is 17.6 Å². The van der Waals surface area contributed by atoms with Gasteiger partial charge in [-0.2, -0.15) is 0 Å². The zero-order valence-electron chi connectivity index (χ0n) is 14.9. The Kier molecular flexibility index (Phi) is 5.21. The summed E-state index contributed by atoms with van der Waals surface area (Å²) in [6.45, 7) is 4.18. The number of nitrogens with one attached hydrogen (secondary N) is 2. The minimum atomic E-state index is -0.414. The third kappa shape index (κ3) is 3.85. The lowest BCUT2D eigenvalue weighted by atomic mass is 10.1. The number of fused-ring (bicyclic) bond motifs is 1. The summed E-state index contributed by atoms with van der Waals surface area (Å²) in [5.41, 5.74) is 3.43. The molecule has 0 spiro atoms. The summed E-state index contributed by atoms with van der Waals surface area (Å²) in [4.78, 5) is 25.9. The van der Waals surface area contributed by atoms with Gasteiger partial charge < -0.3 is 15.5 Å². The summed E-state index contributed by atoms with van der Waals surface area (Å²) in [5.74, 6) is -0.481. The van der Waals surface area contributed by atoms with Gasteiger partial charge in [-0.1, -0.05) is 6.92 Å². The van der Waals surface area contributed by atoms with Gasteiger partial charge in [0.25, 0.3) is 0 Å². The maximum absolute atomic E-state index is 13.0. The molecule has 1 aliphatic rings. The Balaban J connectivity index is 1.69. The van der Waals surface area contributed by atoms with Gasteiger partial charge in [-0.25, -0.2) is 4.39 Å². The quantitative estimate of drug-likeness (QED) is 0.862. The van der Waals surface area contributed by atoms with E-state index in [1.54, 1.807) is 11.8 Å². The molecular weight excluding hydrogens is 333 g/mol. The summed E-state index contributed by atoms with van der Waals surface area (Å²) in [6, 6.07) is 11.1. The van der Waals surface area contributed by atoms with Gasteiger partial charge in [-0.3, -0.25) is 9.59 Å². The zero-order chi connectivity index (χ0) is 18.7. The Labute approximate surface area is 152 Å². The normalized spacial score (nSPS) is 13.9. The number of amides is 2. The van der Waals surface area contributed by atoms with Crippen LogP contribution in [0.25, 0.3) is 0 Å². The molecular formula is C20H22FN3O2. The molecule has 0 bridgehead atoms. The molecule has 3 rings (SSSR count). The first-order valence-electron chi connectivity index (χ1n) is 8.72. The van der Waals surface area contributed by atoms with Crippen LogP contribution in [-0.4, -0.2) is 24.4 Å².